The van der Waals surface area contributed by atoms with Crippen LogP contribution in [0.1, 0.15) is 23.6 Å². The van der Waals surface area contributed by atoms with Crippen LogP contribution < -0.4 is 14.2 Å². The van der Waals surface area contributed by atoms with E-state index in [0.717, 1.165) is 36.6 Å². The van der Waals surface area contributed by atoms with Gasteiger partial charge in [0.05, 0.1) is 21.3 Å². The van der Waals surface area contributed by atoms with Gasteiger partial charge in [0.15, 0.2) is 11.5 Å². The molecule has 1 saturated heterocycles. The molecule has 0 aliphatic carbocycles. The summed E-state index contributed by atoms with van der Waals surface area (Å²) in [5.74, 6) is 2.30. The van der Waals surface area contributed by atoms with Crippen LogP contribution in [0.4, 0.5) is 0 Å². The SMILES string of the molecule is COc1cccc(C2CCN2Cc2cc(Cl)cc(OC)c2OC)c1. The van der Waals surface area contributed by atoms with Crippen molar-refractivity contribution < 1.29 is 14.2 Å². The van der Waals surface area contributed by atoms with Crippen LogP contribution >= 0.6 is 11.6 Å². The highest BCUT2D eigenvalue weighted by Crippen LogP contribution is 2.40. The second-order valence-electron chi connectivity index (χ2n) is 5.85. The van der Waals surface area contributed by atoms with Crippen LogP contribution in [0.2, 0.25) is 5.02 Å². The summed E-state index contributed by atoms with van der Waals surface area (Å²) in [4.78, 5) is 2.41. The molecule has 0 amide bonds. The molecule has 1 heterocycles. The van der Waals surface area contributed by atoms with E-state index in [9.17, 15) is 0 Å². The first-order valence-electron chi connectivity index (χ1n) is 7.94. The van der Waals surface area contributed by atoms with Crippen molar-refractivity contribution in [2.45, 2.75) is 19.0 Å². The van der Waals surface area contributed by atoms with Gasteiger partial charge in [-0.05, 0) is 30.2 Å². The van der Waals surface area contributed by atoms with Crippen molar-refractivity contribution >= 4 is 11.6 Å². The normalized spacial score (nSPS) is 17.2. The maximum absolute atomic E-state index is 6.22. The van der Waals surface area contributed by atoms with Crippen molar-refractivity contribution in [2.75, 3.05) is 27.9 Å². The third kappa shape index (κ3) is 3.30. The Kier molecular flexibility index (Phi) is 5.17. The van der Waals surface area contributed by atoms with Gasteiger partial charge in [-0.3, -0.25) is 4.90 Å². The molecule has 1 fully saturated rings. The molecule has 0 spiro atoms. The first kappa shape index (κ1) is 16.9. The van der Waals surface area contributed by atoms with Crippen LogP contribution in [0, 0.1) is 0 Å². The van der Waals surface area contributed by atoms with Gasteiger partial charge in [0, 0.05) is 35.8 Å². The lowest BCUT2D eigenvalue weighted by Gasteiger charge is -2.41. The van der Waals surface area contributed by atoms with Gasteiger partial charge in [-0.25, -0.2) is 0 Å². The minimum atomic E-state index is 0.384. The van der Waals surface area contributed by atoms with E-state index in [4.69, 9.17) is 25.8 Å². The highest BCUT2D eigenvalue weighted by Gasteiger charge is 2.30. The second kappa shape index (κ2) is 7.32. The maximum atomic E-state index is 6.22. The molecule has 0 N–H and O–H groups in total. The Morgan fingerprint density at radius 2 is 1.92 bits per heavy atom. The summed E-state index contributed by atoms with van der Waals surface area (Å²) < 4.78 is 16.3. The van der Waals surface area contributed by atoms with Crippen LogP contribution in [-0.4, -0.2) is 32.8 Å². The highest BCUT2D eigenvalue weighted by molar-refractivity contribution is 6.30. The zero-order valence-electron chi connectivity index (χ0n) is 14.2. The average Bonchev–Trinajstić information content (AvgIpc) is 2.58. The third-order valence-electron chi connectivity index (χ3n) is 4.50. The fraction of sp³-hybridized carbons (Fsp3) is 0.368. The molecule has 24 heavy (non-hydrogen) atoms. The lowest BCUT2D eigenvalue weighted by atomic mass is 9.93. The summed E-state index contributed by atoms with van der Waals surface area (Å²) in [6.45, 7) is 1.81. The highest BCUT2D eigenvalue weighted by atomic mass is 35.5. The number of benzene rings is 2. The molecule has 0 bridgehead atoms. The zero-order valence-corrected chi connectivity index (χ0v) is 15.0. The molecule has 4 nitrogen and oxygen atoms in total. The van der Waals surface area contributed by atoms with Crippen molar-refractivity contribution in [1.29, 1.82) is 0 Å². The number of methoxy groups -OCH3 is 3. The molecule has 5 heteroatoms. The van der Waals surface area contributed by atoms with Crippen molar-refractivity contribution in [3.8, 4) is 17.2 Å². The molecule has 1 atom stereocenters. The molecule has 3 rings (SSSR count). The lowest BCUT2D eigenvalue weighted by Crippen LogP contribution is -2.40. The van der Waals surface area contributed by atoms with E-state index >= 15 is 0 Å². The molecule has 0 radical (unpaired) electrons. The molecule has 0 aromatic heterocycles. The van der Waals surface area contributed by atoms with E-state index in [1.807, 2.05) is 18.2 Å². The van der Waals surface area contributed by atoms with Gasteiger partial charge in [-0.2, -0.15) is 0 Å². The van der Waals surface area contributed by atoms with Crippen LogP contribution in [0.3, 0.4) is 0 Å². The first-order valence-corrected chi connectivity index (χ1v) is 8.32. The largest absolute Gasteiger partial charge is 0.497 e. The third-order valence-corrected chi connectivity index (χ3v) is 4.72. The lowest BCUT2D eigenvalue weighted by molar-refractivity contribution is 0.0806. The molecule has 0 saturated carbocycles. The monoisotopic (exact) mass is 347 g/mol. The number of hydrogen-bond acceptors (Lipinski definition) is 4. The van der Waals surface area contributed by atoms with Crippen molar-refractivity contribution in [3.05, 3.63) is 52.5 Å². The minimum Gasteiger partial charge on any atom is -0.497 e. The Bertz CT molecular complexity index is 720. The van der Waals surface area contributed by atoms with Gasteiger partial charge in [0.2, 0.25) is 0 Å². The number of likely N-dealkylation sites (tertiary alicyclic amines) is 1. The number of hydrogen-bond donors (Lipinski definition) is 0. The van der Waals surface area contributed by atoms with E-state index in [1.165, 1.54) is 5.56 Å². The van der Waals surface area contributed by atoms with Crippen molar-refractivity contribution in [3.63, 3.8) is 0 Å². The molecular formula is C19H22ClNO3. The topological polar surface area (TPSA) is 30.9 Å². The van der Waals surface area contributed by atoms with Gasteiger partial charge in [0.1, 0.15) is 5.75 Å². The first-order chi connectivity index (χ1) is 11.7. The Morgan fingerprint density at radius 1 is 1.08 bits per heavy atom. The molecular weight excluding hydrogens is 326 g/mol. The maximum Gasteiger partial charge on any atom is 0.165 e. The molecule has 1 aliphatic rings. The predicted octanol–water partition coefficient (Wildman–Crippen LogP) is 4.31. The Hall–Kier alpha value is -1.91. The van der Waals surface area contributed by atoms with Crippen LogP contribution in [0.5, 0.6) is 17.2 Å². The summed E-state index contributed by atoms with van der Waals surface area (Å²) in [7, 11) is 4.98. The molecule has 2 aromatic carbocycles. The average molecular weight is 348 g/mol. The smallest absolute Gasteiger partial charge is 0.165 e. The van der Waals surface area contributed by atoms with Crippen molar-refractivity contribution in [2.24, 2.45) is 0 Å². The summed E-state index contributed by atoms with van der Waals surface area (Å²) >= 11 is 6.22. The number of halogens is 1. The number of nitrogens with zero attached hydrogens (tertiary/aromatic N) is 1. The van der Waals surface area contributed by atoms with Gasteiger partial charge < -0.3 is 14.2 Å². The van der Waals surface area contributed by atoms with Gasteiger partial charge in [-0.15, -0.1) is 0 Å². The van der Waals surface area contributed by atoms with E-state index in [2.05, 4.69) is 17.0 Å². The molecule has 1 unspecified atom stereocenters. The van der Waals surface area contributed by atoms with Gasteiger partial charge in [-0.1, -0.05) is 23.7 Å². The predicted molar refractivity (Wildman–Crippen MR) is 95.3 cm³/mol. The summed E-state index contributed by atoms with van der Waals surface area (Å²) in [6, 6.07) is 12.4. The number of rotatable bonds is 6. The second-order valence-corrected chi connectivity index (χ2v) is 6.29. The van der Waals surface area contributed by atoms with Gasteiger partial charge in [0.25, 0.3) is 0 Å². The number of ether oxygens (including phenoxy) is 3. The summed E-state index contributed by atoms with van der Waals surface area (Å²) in [5, 5.41) is 0.654. The molecule has 2 aromatic rings. The Balaban J connectivity index is 1.82. The summed E-state index contributed by atoms with van der Waals surface area (Å²) in [5.41, 5.74) is 2.31. The Morgan fingerprint density at radius 3 is 2.54 bits per heavy atom. The quantitative estimate of drug-likeness (QED) is 0.779. The van der Waals surface area contributed by atoms with Crippen molar-refractivity contribution in [1.82, 2.24) is 4.90 Å². The van der Waals surface area contributed by atoms with Crippen LogP contribution in [0.25, 0.3) is 0 Å². The van der Waals surface area contributed by atoms with E-state index < -0.39 is 0 Å². The van der Waals surface area contributed by atoms with Gasteiger partial charge >= 0.3 is 0 Å². The fourth-order valence-corrected chi connectivity index (χ4v) is 3.43. The summed E-state index contributed by atoms with van der Waals surface area (Å²) in [6.07, 6.45) is 1.13. The molecule has 128 valence electrons. The van der Waals surface area contributed by atoms with Crippen LogP contribution in [-0.2, 0) is 6.54 Å². The Labute approximate surface area is 147 Å². The fourth-order valence-electron chi connectivity index (χ4n) is 3.20. The van der Waals surface area contributed by atoms with Crippen LogP contribution in [0.15, 0.2) is 36.4 Å². The standard InChI is InChI=1S/C19H22ClNO3/c1-22-16-6-4-5-13(10-16)17-7-8-21(17)12-14-9-15(20)11-18(23-2)19(14)24-3/h4-6,9-11,17H,7-8,12H2,1-3H3. The molecule has 1 aliphatic heterocycles. The van der Waals surface area contributed by atoms with E-state index in [1.54, 1.807) is 27.4 Å². The zero-order chi connectivity index (χ0) is 17.1. The van der Waals surface area contributed by atoms with E-state index in [-0.39, 0.29) is 0 Å². The van der Waals surface area contributed by atoms with E-state index in [0.29, 0.717) is 16.8 Å². The minimum absolute atomic E-state index is 0.384.